The first-order valence-corrected chi connectivity index (χ1v) is 6.81. The van der Waals surface area contributed by atoms with E-state index in [9.17, 15) is 9.59 Å². The second kappa shape index (κ2) is 7.44. The van der Waals surface area contributed by atoms with Gasteiger partial charge in [0, 0.05) is 35.9 Å². The number of hydrogen-bond acceptors (Lipinski definition) is 3. The molecular weight excluding hydrogens is 292 g/mol. The van der Waals surface area contributed by atoms with Crippen molar-refractivity contribution < 1.29 is 9.59 Å². The first-order chi connectivity index (χ1) is 10.1. The van der Waals surface area contributed by atoms with Crippen LogP contribution in [0.2, 0.25) is 5.02 Å². The Hall–Kier alpha value is -2.34. The number of rotatable bonds is 6. The minimum absolute atomic E-state index is 0.0799. The van der Waals surface area contributed by atoms with Crippen LogP contribution in [0, 0.1) is 0 Å². The predicted molar refractivity (Wildman–Crippen MR) is 79.1 cm³/mol. The molecule has 0 bridgehead atoms. The summed E-state index contributed by atoms with van der Waals surface area (Å²) in [5, 5.41) is 5.71. The molecule has 21 heavy (non-hydrogen) atoms. The average molecular weight is 307 g/mol. The van der Waals surface area contributed by atoms with E-state index < -0.39 is 0 Å². The predicted octanol–water partition coefficient (Wildman–Crippen LogP) is 1.15. The number of nitrogens with zero attached hydrogens (tertiary/aromatic N) is 1. The first-order valence-electron chi connectivity index (χ1n) is 6.44. The third kappa shape index (κ3) is 4.92. The summed E-state index contributed by atoms with van der Waals surface area (Å²) in [5.74, 6) is 0.217. The van der Waals surface area contributed by atoms with Gasteiger partial charge in [0.15, 0.2) is 0 Å². The molecule has 2 rings (SSSR count). The Morgan fingerprint density at radius 3 is 2.86 bits per heavy atom. The summed E-state index contributed by atoms with van der Waals surface area (Å²) in [6.07, 6.45) is 3.99. The van der Waals surface area contributed by atoms with E-state index in [0.717, 1.165) is 5.82 Å². The summed E-state index contributed by atoms with van der Waals surface area (Å²) in [6, 6.07) is 6.54. The van der Waals surface area contributed by atoms with E-state index in [-0.39, 0.29) is 18.4 Å². The van der Waals surface area contributed by atoms with Crippen molar-refractivity contribution in [1.29, 1.82) is 0 Å². The molecule has 1 aromatic carbocycles. The standard InChI is InChI=1S/C14H15ClN4O2/c15-11-3-1-2-10(8-11)14(21)19-9-13(20)18-5-4-12-16-6-7-17-12/h1-3,6-8H,4-5,9H2,(H,16,17)(H,18,20)(H,19,21). The maximum absolute atomic E-state index is 11.8. The molecule has 0 unspecified atom stereocenters. The Morgan fingerprint density at radius 2 is 2.14 bits per heavy atom. The van der Waals surface area contributed by atoms with E-state index in [2.05, 4.69) is 20.6 Å². The third-order valence-corrected chi connectivity index (χ3v) is 2.97. The molecule has 0 spiro atoms. The van der Waals surface area contributed by atoms with Crippen LogP contribution in [0.3, 0.4) is 0 Å². The van der Waals surface area contributed by atoms with Crippen molar-refractivity contribution in [3.05, 3.63) is 53.1 Å². The van der Waals surface area contributed by atoms with E-state index >= 15 is 0 Å². The molecule has 0 aliphatic carbocycles. The van der Waals surface area contributed by atoms with Gasteiger partial charge in [-0.15, -0.1) is 0 Å². The maximum Gasteiger partial charge on any atom is 0.251 e. The van der Waals surface area contributed by atoms with Crippen LogP contribution >= 0.6 is 11.6 Å². The lowest BCUT2D eigenvalue weighted by Crippen LogP contribution is -2.37. The van der Waals surface area contributed by atoms with Crippen LogP contribution in [0.25, 0.3) is 0 Å². The first kappa shape index (κ1) is 15.1. The van der Waals surface area contributed by atoms with Gasteiger partial charge >= 0.3 is 0 Å². The molecule has 2 amide bonds. The summed E-state index contributed by atoms with van der Waals surface area (Å²) in [5.41, 5.74) is 0.422. The number of amides is 2. The fraction of sp³-hybridized carbons (Fsp3) is 0.214. The molecule has 0 aliphatic heterocycles. The molecule has 0 fully saturated rings. The number of H-pyrrole nitrogens is 1. The van der Waals surface area contributed by atoms with Gasteiger partial charge in [-0.05, 0) is 18.2 Å². The van der Waals surface area contributed by atoms with Crippen LogP contribution in [-0.4, -0.2) is 34.9 Å². The smallest absolute Gasteiger partial charge is 0.251 e. The molecule has 6 nitrogen and oxygen atoms in total. The van der Waals surface area contributed by atoms with E-state index in [1.54, 1.807) is 36.7 Å². The molecular formula is C14H15ClN4O2. The molecule has 3 N–H and O–H groups in total. The van der Waals surface area contributed by atoms with Gasteiger partial charge in [-0.2, -0.15) is 0 Å². The quantitative estimate of drug-likeness (QED) is 0.748. The number of carbonyl (C=O) groups is 2. The number of aromatic nitrogens is 2. The number of hydrogen-bond donors (Lipinski definition) is 3. The minimum atomic E-state index is -0.335. The zero-order valence-corrected chi connectivity index (χ0v) is 12.0. The average Bonchev–Trinajstić information content (AvgIpc) is 2.98. The van der Waals surface area contributed by atoms with Crippen molar-refractivity contribution >= 4 is 23.4 Å². The number of aromatic amines is 1. The zero-order chi connectivity index (χ0) is 15.1. The molecule has 0 saturated carbocycles. The minimum Gasteiger partial charge on any atom is -0.354 e. The lowest BCUT2D eigenvalue weighted by molar-refractivity contribution is -0.120. The van der Waals surface area contributed by atoms with E-state index in [1.807, 2.05) is 0 Å². The molecule has 1 aromatic heterocycles. The second-order valence-electron chi connectivity index (χ2n) is 4.33. The van der Waals surface area contributed by atoms with Gasteiger partial charge in [0.1, 0.15) is 5.82 Å². The SMILES string of the molecule is O=C(CNC(=O)c1cccc(Cl)c1)NCCc1ncc[nH]1. The van der Waals surface area contributed by atoms with Crippen LogP contribution in [0.15, 0.2) is 36.7 Å². The van der Waals surface area contributed by atoms with Gasteiger partial charge in [-0.25, -0.2) is 4.98 Å². The van der Waals surface area contributed by atoms with Crippen LogP contribution < -0.4 is 10.6 Å². The monoisotopic (exact) mass is 306 g/mol. The number of benzene rings is 1. The molecule has 0 atom stereocenters. The largest absolute Gasteiger partial charge is 0.354 e. The number of imidazole rings is 1. The topological polar surface area (TPSA) is 86.9 Å². The summed E-state index contributed by atoms with van der Waals surface area (Å²) >= 11 is 5.80. The van der Waals surface area contributed by atoms with Crippen molar-refractivity contribution in [3.63, 3.8) is 0 Å². The Balaban J connectivity index is 1.70. The van der Waals surface area contributed by atoms with Crippen molar-refractivity contribution in [3.8, 4) is 0 Å². The second-order valence-corrected chi connectivity index (χ2v) is 4.77. The van der Waals surface area contributed by atoms with Crippen molar-refractivity contribution in [2.45, 2.75) is 6.42 Å². The highest BCUT2D eigenvalue weighted by Gasteiger charge is 2.08. The van der Waals surface area contributed by atoms with Gasteiger partial charge in [0.05, 0.1) is 6.54 Å². The molecule has 1 heterocycles. The number of carbonyl (C=O) groups excluding carboxylic acids is 2. The van der Waals surface area contributed by atoms with Crippen molar-refractivity contribution in [2.24, 2.45) is 0 Å². The van der Waals surface area contributed by atoms with Crippen LogP contribution in [0.4, 0.5) is 0 Å². The highest BCUT2D eigenvalue weighted by molar-refractivity contribution is 6.30. The lowest BCUT2D eigenvalue weighted by Gasteiger charge is -2.06. The van der Waals surface area contributed by atoms with Crippen molar-refractivity contribution in [1.82, 2.24) is 20.6 Å². The third-order valence-electron chi connectivity index (χ3n) is 2.74. The van der Waals surface area contributed by atoms with Gasteiger partial charge in [-0.3, -0.25) is 9.59 Å². The Kier molecular flexibility index (Phi) is 5.34. The summed E-state index contributed by atoms with van der Waals surface area (Å²) in [4.78, 5) is 30.4. The molecule has 0 saturated heterocycles. The fourth-order valence-corrected chi connectivity index (χ4v) is 1.90. The highest BCUT2D eigenvalue weighted by Crippen LogP contribution is 2.10. The van der Waals surface area contributed by atoms with Crippen LogP contribution in [0.5, 0.6) is 0 Å². The molecule has 7 heteroatoms. The Bertz CT molecular complexity index is 613. The molecule has 110 valence electrons. The summed E-state index contributed by atoms with van der Waals surface area (Å²) < 4.78 is 0. The molecule has 0 aliphatic rings. The maximum atomic E-state index is 11.8. The number of halogens is 1. The van der Waals surface area contributed by atoms with Gasteiger partial charge in [0.2, 0.25) is 5.91 Å². The fourth-order valence-electron chi connectivity index (χ4n) is 1.71. The molecule has 2 aromatic rings. The van der Waals surface area contributed by atoms with E-state index in [4.69, 9.17) is 11.6 Å². The van der Waals surface area contributed by atoms with Crippen LogP contribution in [0.1, 0.15) is 16.2 Å². The van der Waals surface area contributed by atoms with Crippen LogP contribution in [-0.2, 0) is 11.2 Å². The Morgan fingerprint density at radius 1 is 1.29 bits per heavy atom. The van der Waals surface area contributed by atoms with Gasteiger partial charge in [-0.1, -0.05) is 17.7 Å². The highest BCUT2D eigenvalue weighted by atomic mass is 35.5. The van der Waals surface area contributed by atoms with Gasteiger partial charge < -0.3 is 15.6 Å². The lowest BCUT2D eigenvalue weighted by atomic mass is 10.2. The number of nitrogens with one attached hydrogen (secondary N) is 3. The molecule has 0 radical (unpaired) electrons. The summed E-state index contributed by atoms with van der Waals surface area (Å²) in [7, 11) is 0. The normalized spacial score (nSPS) is 10.1. The van der Waals surface area contributed by atoms with E-state index in [1.165, 1.54) is 0 Å². The Labute approximate surface area is 126 Å². The summed E-state index contributed by atoms with van der Waals surface area (Å²) in [6.45, 7) is 0.378. The van der Waals surface area contributed by atoms with Crippen molar-refractivity contribution in [2.75, 3.05) is 13.1 Å². The zero-order valence-electron chi connectivity index (χ0n) is 11.2. The van der Waals surface area contributed by atoms with Gasteiger partial charge in [0.25, 0.3) is 5.91 Å². The van der Waals surface area contributed by atoms with E-state index in [0.29, 0.717) is 23.6 Å².